The molecule has 1 atom stereocenters. The molecule has 0 heterocycles. The third-order valence-corrected chi connectivity index (χ3v) is 2.37. The average Bonchev–Trinajstić information content (AvgIpc) is 2.26. The van der Waals surface area contributed by atoms with Crippen LogP contribution in [0, 0.1) is 0 Å². The van der Waals surface area contributed by atoms with Gasteiger partial charge in [-0.25, -0.2) is 0 Å². The molecule has 0 fully saturated rings. The van der Waals surface area contributed by atoms with Crippen molar-refractivity contribution in [3.05, 3.63) is 29.3 Å². The van der Waals surface area contributed by atoms with E-state index in [1.54, 1.807) is 6.07 Å². The topological polar surface area (TPSA) is 55.5 Å². The van der Waals surface area contributed by atoms with Crippen LogP contribution >= 0.6 is 0 Å². The molecule has 96 valence electrons. The van der Waals surface area contributed by atoms with Gasteiger partial charge in [-0.3, -0.25) is 0 Å². The standard InChI is InChI=1S/C11H14F3NO2/c1-17-5-4-7-2-3-9(16)8(6-7)10(15)11(12,13)14/h2-3,6,10,16H,4-5,15H2,1H3/t10-/m0/s1. The van der Waals surface area contributed by atoms with Crippen molar-refractivity contribution < 1.29 is 23.0 Å². The number of alkyl halides is 3. The van der Waals surface area contributed by atoms with Crippen LogP contribution in [0.4, 0.5) is 13.2 Å². The molecule has 3 N–H and O–H groups in total. The second kappa shape index (κ2) is 5.37. The van der Waals surface area contributed by atoms with Crippen LogP contribution in [0.25, 0.3) is 0 Å². The van der Waals surface area contributed by atoms with Crippen LogP contribution < -0.4 is 5.73 Å². The Balaban J connectivity index is 2.98. The number of benzene rings is 1. The maximum Gasteiger partial charge on any atom is 0.407 e. The minimum absolute atomic E-state index is 0.314. The SMILES string of the molecule is COCCc1ccc(O)c([C@H](N)C(F)(F)F)c1. The third kappa shape index (κ3) is 3.61. The minimum Gasteiger partial charge on any atom is -0.508 e. The molecule has 17 heavy (non-hydrogen) atoms. The van der Waals surface area contributed by atoms with Crippen molar-refractivity contribution in [3.8, 4) is 5.75 Å². The molecular weight excluding hydrogens is 235 g/mol. The first-order valence-corrected chi connectivity index (χ1v) is 4.99. The highest BCUT2D eigenvalue weighted by Crippen LogP contribution is 2.35. The number of phenols is 1. The number of phenolic OH excluding ortho intramolecular Hbond substituents is 1. The fraction of sp³-hybridized carbons (Fsp3) is 0.455. The van der Waals surface area contributed by atoms with Gasteiger partial charge in [0.2, 0.25) is 0 Å². The van der Waals surface area contributed by atoms with Gasteiger partial charge in [0, 0.05) is 12.7 Å². The molecule has 3 nitrogen and oxygen atoms in total. The maximum absolute atomic E-state index is 12.4. The molecule has 0 unspecified atom stereocenters. The van der Waals surface area contributed by atoms with E-state index < -0.39 is 18.0 Å². The summed E-state index contributed by atoms with van der Waals surface area (Å²) in [6, 6.07) is 1.84. The fourth-order valence-corrected chi connectivity index (χ4v) is 1.40. The van der Waals surface area contributed by atoms with E-state index in [-0.39, 0.29) is 5.56 Å². The van der Waals surface area contributed by atoms with E-state index in [4.69, 9.17) is 10.5 Å². The smallest absolute Gasteiger partial charge is 0.407 e. The molecule has 1 aromatic rings. The van der Waals surface area contributed by atoms with Crippen molar-refractivity contribution in [2.75, 3.05) is 13.7 Å². The first kappa shape index (κ1) is 13.8. The molecule has 0 bridgehead atoms. The molecule has 0 spiro atoms. The zero-order chi connectivity index (χ0) is 13.1. The zero-order valence-corrected chi connectivity index (χ0v) is 9.29. The van der Waals surface area contributed by atoms with Crippen molar-refractivity contribution in [1.82, 2.24) is 0 Å². The lowest BCUT2D eigenvalue weighted by molar-refractivity contribution is -0.149. The number of aromatic hydroxyl groups is 1. The molecule has 1 rings (SSSR count). The van der Waals surface area contributed by atoms with Crippen LogP contribution in [0.15, 0.2) is 18.2 Å². The Kier molecular flexibility index (Phi) is 4.36. The van der Waals surface area contributed by atoms with Crippen LogP contribution in [0.2, 0.25) is 0 Å². The first-order valence-electron chi connectivity index (χ1n) is 4.99. The van der Waals surface area contributed by atoms with E-state index in [1.165, 1.54) is 19.2 Å². The Hall–Kier alpha value is -1.27. The van der Waals surface area contributed by atoms with Crippen molar-refractivity contribution in [3.63, 3.8) is 0 Å². The van der Waals surface area contributed by atoms with Gasteiger partial charge in [0.1, 0.15) is 11.8 Å². The summed E-state index contributed by atoms with van der Waals surface area (Å²) in [5.74, 6) is -0.448. The van der Waals surface area contributed by atoms with Gasteiger partial charge in [-0.1, -0.05) is 12.1 Å². The van der Waals surface area contributed by atoms with Gasteiger partial charge in [0.25, 0.3) is 0 Å². The lowest BCUT2D eigenvalue weighted by Gasteiger charge is -2.17. The van der Waals surface area contributed by atoms with Gasteiger partial charge >= 0.3 is 6.18 Å². The molecule has 1 aromatic carbocycles. The largest absolute Gasteiger partial charge is 0.508 e. The van der Waals surface area contributed by atoms with E-state index in [1.807, 2.05) is 0 Å². The molecule has 0 saturated carbocycles. The van der Waals surface area contributed by atoms with E-state index in [0.29, 0.717) is 18.6 Å². The van der Waals surface area contributed by atoms with Gasteiger partial charge in [0.15, 0.2) is 0 Å². The zero-order valence-electron chi connectivity index (χ0n) is 9.29. The lowest BCUT2D eigenvalue weighted by Crippen LogP contribution is -2.28. The van der Waals surface area contributed by atoms with Crippen LogP contribution in [0.3, 0.4) is 0 Å². The quantitative estimate of drug-likeness (QED) is 0.859. The number of halogens is 3. The number of rotatable bonds is 4. The van der Waals surface area contributed by atoms with Crippen molar-refractivity contribution in [2.45, 2.75) is 18.6 Å². The molecule has 0 amide bonds. The van der Waals surface area contributed by atoms with E-state index in [0.717, 1.165) is 0 Å². The molecular formula is C11H14F3NO2. The van der Waals surface area contributed by atoms with Crippen molar-refractivity contribution >= 4 is 0 Å². The number of hydrogen-bond donors (Lipinski definition) is 2. The van der Waals surface area contributed by atoms with E-state index in [9.17, 15) is 18.3 Å². The van der Waals surface area contributed by atoms with Crippen molar-refractivity contribution in [2.24, 2.45) is 5.73 Å². The summed E-state index contributed by atoms with van der Waals surface area (Å²) in [6.07, 6.45) is -4.11. The monoisotopic (exact) mass is 249 g/mol. The Morgan fingerprint density at radius 1 is 1.41 bits per heavy atom. The van der Waals surface area contributed by atoms with Crippen molar-refractivity contribution in [1.29, 1.82) is 0 Å². The normalized spacial score (nSPS) is 13.7. The third-order valence-electron chi connectivity index (χ3n) is 2.37. The van der Waals surface area contributed by atoms with Crippen LogP contribution in [0.1, 0.15) is 17.2 Å². The second-order valence-corrected chi connectivity index (χ2v) is 3.66. The molecule has 0 aliphatic heterocycles. The van der Waals surface area contributed by atoms with Gasteiger partial charge in [-0.05, 0) is 18.1 Å². The molecule has 0 saturated heterocycles. The minimum atomic E-state index is -4.57. The molecule has 0 aromatic heterocycles. The molecule has 6 heteroatoms. The second-order valence-electron chi connectivity index (χ2n) is 3.66. The van der Waals surface area contributed by atoms with E-state index >= 15 is 0 Å². The van der Waals surface area contributed by atoms with Gasteiger partial charge < -0.3 is 15.6 Å². The van der Waals surface area contributed by atoms with E-state index in [2.05, 4.69) is 0 Å². The highest BCUT2D eigenvalue weighted by Gasteiger charge is 2.39. The summed E-state index contributed by atoms with van der Waals surface area (Å²) in [5.41, 5.74) is 5.38. The molecule has 0 aliphatic carbocycles. The van der Waals surface area contributed by atoms with Crippen LogP contribution in [-0.2, 0) is 11.2 Å². The van der Waals surface area contributed by atoms with Crippen LogP contribution in [0.5, 0.6) is 5.75 Å². The fourth-order valence-electron chi connectivity index (χ4n) is 1.40. The number of hydrogen-bond acceptors (Lipinski definition) is 3. The summed E-state index contributed by atoms with van der Waals surface area (Å²) in [6.45, 7) is 0.394. The highest BCUT2D eigenvalue weighted by atomic mass is 19.4. The Labute approximate surface area is 97.0 Å². The summed E-state index contributed by atoms with van der Waals surface area (Å²) < 4.78 is 42.1. The summed E-state index contributed by atoms with van der Waals surface area (Å²) in [5, 5.41) is 9.38. The number of nitrogens with two attached hydrogens (primary N) is 1. The Bertz CT molecular complexity index is 379. The summed E-state index contributed by atoms with van der Waals surface area (Å²) in [4.78, 5) is 0. The maximum atomic E-state index is 12.4. The predicted molar refractivity (Wildman–Crippen MR) is 56.7 cm³/mol. The number of ether oxygens (including phenoxy) is 1. The lowest BCUT2D eigenvalue weighted by atomic mass is 10.0. The summed E-state index contributed by atoms with van der Waals surface area (Å²) in [7, 11) is 1.50. The first-order chi connectivity index (χ1) is 7.86. The highest BCUT2D eigenvalue weighted by molar-refractivity contribution is 5.39. The Morgan fingerprint density at radius 2 is 2.06 bits per heavy atom. The summed E-state index contributed by atoms with van der Waals surface area (Å²) >= 11 is 0. The Morgan fingerprint density at radius 3 is 2.59 bits per heavy atom. The average molecular weight is 249 g/mol. The number of methoxy groups -OCH3 is 1. The molecule has 0 aliphatic rings. The van der Waals surface area contributed by atoms with Gasteiger partial charge in [0.05, 0.1) is 6.61 Å². The molecule has 0 radical (unpaired) electrons. The van der Waals surface area contributed by atoms with Crippen LogP contribution in [-0.4, -0.2) is 25.0 Å². The van der Waals surface area contributed by atoms with Gasteiger partial charge in [-0.2, -0.15) is 13.2 Å². The predicted octanol–water partition coefficient (Wildman–Crippen LogP) is 2.14. The van der Waals surface area contributed by atoms with Gasteiger partial charge in [-0.15, -0.1) is 0 Å².